The summed E-state index contributed by atoms with van der Waals surface area (Å²) in [5, 5.41) is 14.7. The van der Waals surface area contributed by atoms with E-state index in [0.717, 1.165) is 12.8 Å². The van der Waals surface area contributed by atoms with Gasteiger partial charge in [0.15, 0.2) is 0 Å². The fraction of sp³-hybridized carbons (Fsp3) is 0.533. The summed E-state index contributed by atoms with van der Waals surface area (Å²) in [5.74, 6) is -0.0797. The highest BCUT2D eigenvalue weighted by molar-refractivity contribution is 5.90. The number of anilines is 1. The first-order valence-electron chi connectivity index (χ1n) is 6.99. The Balaban J connectivity index is 2.68. The molecule has 0 unspecified atom stereocenters. The number of aliphatic hydroxyl groups is 1. The lowest BCUT2D eigenvalue weighted by Crippen LogP contribution is -2.41. The molecule has 118 valence electrons. The van der Waals surface area contributed by atoms with Crippen LogP contribution in [0.5, 0.6) is 5.75 Å². The number of aliphatic hydroxyl groups excluding tert-OH is 1. The first-order chi connectivity index (χ1) is 10.00. The molecule has 0 aliphatic carbocycles. The lowest BCUT2D eigenvalue weighted by atomic mass is 9.83. The Labute approximate surface area is 124 Å². The Kier molecular flexibility index (Phi) is 6.42. The predicted molar refractivity (Wildman–Crippen MR) is 80.1 cm³/mol. The van der Waals surface area contributed by atoms with Gasteiger partial charge in [-0.05, 0) is 25.0 Å². The van der Waals surface area contributed by atoms with E-state index in [2.05, 4.69) is 10.6 Å². The first-order valence-corrected chi connectivity index (χ1v) is 6.99. The third-order valence-electron chi connectivity index (χ3n) is 3.87. The van der Waals surface area contributed by atoms with E-state index in [-0.39, 0.29) is 17.7 Å². The number of rotatable bonds is 7. The molecular formula is C15H23FN2O3. The van der Waals surface area contributed by atoms with Gasteiger partial charge < -0.3 is 20.5 Å². The number of nitrogens with one attached hydrogen (secondary N) is 2. The number of benzene rings is 1. The van der Waals surface area contributed by atoms with Crippen LogP contribution in [-0.2, 0) is 0 Å². The molecule has 1 aromatic carbocycles. The average Bonchev–Trinajstić information content (AvgIpc) is 2.49. The number of ether oxygens (including phenoxy) is 1. The second-order valence-corrected chi connectivity index (χ2v) is 5.02. The molecule has 1 aromatic rings. The van der Waals surface area contributed by atoms with Crippen LogP contribution in [0.3, 0.4) is 0 Å². The van der Waals surface area contributed by atoms with E-state index >= 15 is 0 Å². The van der Waals surface area contributed by atoms with Crippen LogP contribution in [0.4, 0.5) is 14.9 Å². The third-order valence-corrected chi connectivity index (χ3v) is 3.87. The maximum Gasteiger partial charge on any atom is 0.319 e. The highest BCUT2D eigenvalue weighted by Crippen LogP contribution is 2.26. The van der Waals surface area contributed by atoms with E-state index in [1.807, 2.05) is 13.8 Å². The van der Waals surface area contributed by atoms with Crippen molar-refractivity contribution in [1.29, 1.82) is 0 Å². The summed E-state index contributed by atoms with van der Waals surface area (Å²) in [6.07, 6.45) is 1.51. The molecule has 1 rings (SSSR count). The second kappa shape index (κ2) is 7.83. The molecule has 0 spiro atoms. The molecule has 0 heterocycles. The number of amides is 2. The summed E-state index contributed by atoms with van der Waals surface area (Å²) >= 11 is 0. The molecular weight excluding hydrogens is 275 g/mol. The van der Waals surface area contributed by atoms with Crippen molar-refractivity contribution in [1.82, 2.24) is 5.32 Å². The molecule has 0 aliphatic rings. The zero-order chi connectivity index (χ0) is 15.9. The minimum Gasteiger partial charge on any atom is -0.495 e. The van der Waals surface area contributed by atoms with E-state index in [4.69, 9.17) is 4.74 Å². The Bertz CT molecular complexity index is 468. The van der Waals surface area contributed by atoms with Crippen LogP contribution in [0.2, 0.25) is 0 Å². The van der Waals surface area contributed by atoms with Crippen LogP contribution in [0, 0.1) is 11.2 Å². The van der Waals surface area contributed by atoms with Crippen LogP contribution < -0.4 is 15.4 Å². The molecule has 0 saturated heterocycles. The number of urea groups is 1. The van der Waals surface area contributed by atoms with Crippen molar-refractivity contribution in [3.8, 4) is 5.75 Å². The molecule has 0 aliphatic heterocycles. The topological polar surface area (TPSA) is 70.6 Å². The van der Waals surface area contributed by atoms with Crippen molar-refractivity contribution in [2.45, 2.75) is 26.7 Å². The number of carbonyl (C=O) groups is 1. The quantitative estimate of drug-likeness (QED) is 0.725. The molecule has 5 nitrogen and oxygen atoms in total. The predicted octanol–water partition coefficient (Wildman–Crippen LogP) is 2.75. The van der Waals surface area contributed by atoms with E-state index in [0.29, 0.717) is 12.3 Å². The third kappa shape index (κ3) is 4.60. The Morgan fingerprint density at radius 3 is 2.57 bits per heavy atom. The molecule has 2 amide bonds. The maximum absolute atomic E-state index is 13.2. The van der Waals surface area contributed by atoms with E-state index in [1.165, 1.54) is 25.3 Å². The number of methoxy groups -OCH3 is 1. The fourth-order valence-electron chi connectivity index (χ4n) is 1.99. The van der Waals surface area contributed by atoms with Gasteiger partial charge >= 0.3 is 6.03 Å². The van der Waals surface area contributed by atoms with Crippen molar-refractivity contribution >= 4 is 11.7 Å². The summed E-state index contributed by atoms with van der Waals surface area (Å²) in [6, 6.07) is 3.43. The van der Waals surface area contributed by atoms with Crippen LogP contribution in [-0.4, -0.2) is 31.4 Å². The summed E-state index contributed by atoms with van der Waals surface area (Å²) in [4.78, 5) is 11.9. The van der Waals surface area contributed by atoms with Gasteiger partial charge in [0, 0.05) is 18.0 Å². The summed E-state index contributed by atoms with van der Waals surface area (Å²) in [6.45, 7) is 4.29. The van der Waals surface area contributed by atoms with Gasteiger partial charge in [-0.25, -0.2) is 9.18 Å². The van der Waals surface area contributed by atoms with Crippen molar-refractivity contribution < 1.29 is 19.0 Å². The molecule has 0 aromatic heterocycles. The highest BCUT2D eigenvalue weighted by atomic mass is 19.1. The molecule has 0 radical (unpaired) electrons. The van der Waals surface area contributed by atoms with Crippen LogP contribution in [0.15, 0.2) is 18.2 Å². The fourth-order valence-corrected chi connectivity index (χ4v) is 1.99. The lowest BCUT2D eigenvalue weighted by Gasteiger charge is -2.29. The van der Waals surface area contributed by atoms with Crippen molar-refractivity contribution in [2.24, 2.45) is 5.41 Å². The van der Waals surface area contributed by atoms with Gasteiger partial charge in [0.2, 0.25) is 0 Å². The molecule has 6 heteroatoms. The van der Waals surface area contributed by atoms with Gasteiger partial charge in [0.05, 0.1) is 19.4 Å². The van der Waals surface area contributed by atoms with Crippen molar-refractivity contribution in [3.05, 3.63) is 24.0 Å². The first kappa shape index (κ1) is 17.2. The van der Waals surface area contributed by atoms with Crippen LogP contribution in [0.1, 0.15) is 26.7 Å². The SMILES string of the molecule is CCC(CC)(CO)CNC(=O)Nc1cc(F)ccc1OC. The number of hydrogen-bond acceptors (Lipinski definition) is 3. The van der Waals surface area contributed by atoms with E-state index < -0.39 is 11.8 Å². The maximum atomic E-state index is 13.2. The number of hydrogen-bond donors (Lipinski definition) is 3. The summed E-state index contributed by atoms with van der Waals surface area (Å²) in [7, 11) is 1.45. The Hall–Kier alpha value is -1.82. The average molecular weight is 298 g/mol. The monoisotopic (exact) mass is 298 g/mol. The number of halogens is 1. The lowest BCUT2D eigenvalue weighted by molar-refractivity contribution is 0.116. The Morgan fingerprint density at radius 2 is 2.05 bits per heavy atom. The molecule has 3 N–H and O–H groups in total. The van der Waals surface area contributed by atoms with Gasteiger partial charge in [-0.15, -0.1) is 0 Å². The van der Waals surface area contributed by atoms with Gasteiger partial charge in [-0.3, -0.25) is 0 Å². The highest BCUT2D eigenvalue weighted by Gasteiger charge is 2.25. The zero-order valence-electron chi connectivity index (χ0n) is 12.7. The van der Waals surface area contributed by atoms with Gasteiger partial charge in [0.25, 0.3) is 0 Å². The van der Waals surface area contributed by atoms with Crippen LogP contribution in [0.25, 0.3) is 0 Å². The Morgan fingerprint density at radius 1 is 1.38 bits per heavy atom. The van der Waals surface area contributed by atoms with Gasteiger partial charge in [0.1, 0.15) is 11.6 Å². The zero-order valence-corrected chi connectivity index (χ0v) is 12.7. The molecule has 0 atom stereocenters. The van der Waals surface area contributed by atoms with Crippen molar-refractivity contribution in [2.75, 3.05) is 25.6 Å². The largest absolute Gasteiger partial charge is 0.495 e. The molecule has 0 saturated carbocycles. The van der Waals surface area contributed by atoms with E-state index in [9.17, 15) is 14.3 Å². The summed E-state index contributed by atoms with van der Waals surface area (Å²) < 4.78 is 18.3. The summed E-state index contributed by atoms with van der Waals surface area (Å²) in [5.41, 5.74) is -0.0683. The molecule has 21 heavy (non-hydrogen) atoms. The van der Waals surface area contributed by atoms with Gasteiger partial charge in [-0.2, -0.15) is 0 Å². The smallest absolute Gasteiger partial charge is 0.319 e. The standard InChI is InChI=1S/C15H23FN2O3/c1-4-15(5-2,10-19)9-17-14(20)18-12-8-11(16)6-7-13(12)21-3/h6-8,19H,4-5,9-10H2,1-3H3,(H2,17,18,20). The normalized spacial score (nSPS) is 11.1. The van der Waals surface area contributed by atoms with E-state index in [1.54, 1.807) is 0 Å². The minimum absolute atomic E-state index is 0.00354. The second-order valence-electron chi connectivity index (χ2n) is 5.02. The molecule has 0 bridgehead atoms. The van der Waals surface area contributed by atoms with Gasteiger partial charge in [-0.1, -0.05) is 13.8 Å². The van der Waals surface area contributed by atoms with Crippen molar-refractivity contribution in [3.63, 3.8) is 0 Å². The van der Waals surface area contributed by atoms with Crippen LogP contribution >= 0.6 is 0 Å². The minimum atomic E-state index is -0.460. The molecule has 0 fully saturated rings. The number of carbonyl (C=O) groups excluding carboxylic acids is 1.